The maximum atomic E-state index is 12.9. The molecule has 0 aromatic heterocycles. The molecular weight excluding hydrogens is 444 g/mol. The third-order valence-electron chi connectivity index (χ3n) is 5.07. The number of carbonyl (C=O) groups excluding carboxylic acids is 1. The third kappa shape index (κ3) is 6.77. The van der Waals surface area contributed by atoms with Gasteiger partial charge in [0, 0.05) is 6.07 Å². The summed E-state index contributed by atoms with van der Waals surface area (Å²) in [5, 5.41) is 2.76. The second kappa shape index (κ2) is 10.8. The average molecular weight is 479 g/mol. The zero-order valence-corrected chi connectivity index (χ0v) is 21.2. The van der Waals surface area contributed by atoms with E-state index in [0.29, 0.717) is 11.5 Å². The van der Waals surface area contributed by atoms with Crippen LogP contribution in [0.3, 0.4) is 0 Å². The Morgan fingerprint density at radius 2 is 1.73 bits per heavy atom. The van der Waals surface area contributed by atoms with Crippen LogP contribution in [-0.2, 0) is 20.2 Å². The molecule has 0 saturated heterocycles. The fraction of sp³-hybridized carbons (Fsp3) is 0.458. The van der Waals surface area contributed by atoms with E-state index in [2.05, 4.69) is 26.1 Å². The molecule has 33 heavy (non-hydrogen) atoms. The molecule has 2 rings (SSSR count). The molecule has 0 bridgehead atoms. The predicted octanol–water partition coefficient (Wildman–Crippen LogP) is 3.35. The molecule has 0 spiro atoms. The Balaban J connectivity index is 2.13. The van der Waals surface area contributed by atoms with Crippen LogP contribution in [0, 0.1) is 0 Å². The zero-order valence-electron chi connectivity index (χ0n) is 20.3. The van der Waals surface area contributed by atoms with E-state index in [1.165, 1.54) is 27.2 Å². The number of methoxy groups -OCH3 is 2. The summed E-state index contributed by atoms with van der Waals surface area (Å²) in [4.78, 5) is 12.9. The predicted molar refractivity (Wildman–Crippen MR) is 130 cm³/mol. The van der Waals surface area contributed by atoms with Gasteiger partial charge in [-0.25, -0.2) is 8.42 Å². The van der Waals surface area contributed by atoms with Gasteiger partial charge in [-0.2, -0.15) is 0 Å². The molecule has 1 N–H and O–H groups in total. The lowest BCUT2D eigenvalue weighted by atomic mass is 9.86. The molecule has 0 aliphatic rings. The van der Waals surface area contributed by atoms with Crippen LogP contribution in [0.5, 0.6) is 17.2 Å². The number of para-hydroxylation sites is 1. The number of nitrogens with zero attached hydrogens (tertiary/aromatic N) is 1. The molecule has 2 aromatic carbocycles. The molecule has 9 heteroatoms. The van der Waals surface area contributed by atoms with Gasteiger partial charge < -0.3 is 19.5 Å². The number of anilines is 1. The molecule has 2 aromatic rings. The highest BCUT2D eigenvalue weighted by molar-refractivity contribution is 7.92. The zero-order chi connectivity index (χ0) is 24.8. The van der Waals surface area contributed by atoms with Crippen LogP contribution in [0.25, 0.3) is 0 Å². The second-order valence-electron chi connectivity index (χ2n) is 8.66. The van der Waals surface area contributed by atoms with Crippen molar-refractivity contribution in [1.82, 2.24) is 5.32 Å². The van der Waals surface area contributed by atoms with Gasteiger partial charge >= 0.3 is 0 Å². The van der Waals surface area contributed by atoms with Gasteiger partial charge in [-0.05, 0) is 36.1 Å². The average Bonchev–Trinajstić information content (AvgIpc) is 2.75. The Morgan fingerprint density at radius 1 is 1.06 bits per heavy atom. The van der Waals surface area contributed by atoms with Crippen molar-refractivity contribution in [2.75, 3.05) is 37.9 Å². The van der Waals surface area contributed by atoms with Gasteiger partial charge in [-0.3, -0.25) is 9.10 Å². The minimum atomic E-state index is -3.81. The number of nitrogens with one attached hydrogen (secondary N) is 1. The van der Waals surface area contributed by atoms with Crippen molar-refractivity contribution >= 4 is 21.6 Å². The Morgan fingerprint density at radius 3 is 2.30 bits per heavy atom. The summed E-state index contributed by atoms with van der Waals surface area (Å²) in [5.74, 6) is 1.05. The van der Waals surface area contributed by atoms with Crippen LogP contribution < -0.4 is 23.8 Å². The van der Waals surface area contributed by atoms with Crippen molar-refractivity contribution in [2.45, 2.75) is 39.2 Å². The highest BCUT2D eigenvalue weighted by Gasteiger charge is 2.31. The van der Waals surface area contributed by atoms with E-state index in [9.17, 15) is 13.2 Å². The highest BCUT2D eigenvalue weighted by Crippen LogP contribution is 2.35. The minimum absolute atomic E-state index is 0.0832. The van der Waals surface area contributed by atoms with Gasteiger partial charge in [0.15, 0.2) is 0 Å². The Kier molecular flexibility index (Phi) is 8.60. The van der Waals surface area contributed by atoms with Gasteiger partial charge in [0.05, 0.1) is 32.7 Å². The molecule has 0 heterocycles. The molecule has 0 saturated carbocycles. The summed E-state index contributed by atoms with van der Waals surface area (Å²) in [6.45, 7) is 8.29. The summed E-state index contributed by atoms with van der Waals surface area (Å²) in [6, 6.07) is 11.5. The normalized spacial score (nSPS) is 12.6. The number of ether oxygens (including phenoxy) is 3. The van der Waals surface area contributed by atoms with Crippen LogP contribution in [0.2, 0.25) is 0 Å². The number of rotatable bonds is 10. The number of carbonyl (C=O) groups is 1. The van der Waals surface area contributed by atoms with Crippen molar-refractivity contribution in [3.05, 3.63) is 48.0 Å². The summed E-state index contributed by atoms with van der Waals surface area (Å²) >= 11 is 0. The smallest absolute Gasteiger partial charge is 0.243 e. The van der Waals surface area contributed by atoms with E-state index < -0.39 is 22.0 Å². The maximum Gasteiger partial charge on any atom is 0.243 e. The number of amides is 1. The molecule has 0 aliphatic carbocycles. The Bertz CT molecular complexity index is 1060. The van der Waals surface area contributed by atoms with Gasteiger partial charge in [0.2, 0.25) is 15.9 Å². The first-order valence-corrected chi connectivity index (χ1v) is 12.5. The first-order chi connectivity index (χ1) is 15.4. The van der Waals surface area contributed by atoms with Crippen LogP contribution in [-0.4, -0.2) is 54.0 Å². The van der Waals surface area contributed by atoms with Crippen molar-refractivity contribution in [3.8, 4) is 17.2 Å². The van der Waals surface area contributed by atoms with E-state index in [1.807, 2.05) is 24.3 Å². The van der Waals surface area contributed by atoms with E-state index in [4.69, 9.17) is 14.2 Å². The van der Waals surface area contributed by atoms with Gasteiger partial charge in [0.1, 0.15) is 29.9 Å². The van der Waals surface area contributed by atoms with Crippen LogP contribution in [0.15, 0.2) is 42.5 Å². The number of benzene rings is 2. The van der Waals surface area contributed by atoms with Crippen LogP contribution in [0.1, 0.15) is 33.3 Å². The summed E-state index contributed by atoms with van der Waals surface area (Å²) < 4.78 is 42.7. The van der Waals surface area contributed by atoms with Crippen LogP contribution >= 0.6 is 0 Å². The van der Waals surface area contributed by atoms with Gasteiger partial charge in [-0.1, -0.05) is 39.0 Å². The summed E-state index contributed by atoms with van der Waals surface area (Å²) in [5.41, 5.74) is 1.20. The SMILES string of the molecule is COc1ccc(OC)c(N([C@@H](C)C(=O)NCCOc2ccccc2C(C)(C)C)S(C)(=O)=O)c1. The van der Waals surface area contributed by atoms with E-state index in [1.54, 1.807) is 12.1 Å². The van der Waals surface area contributed by atoms with E-state index >= 15 is 0 Å². The molecule has 1 amide bonds. The molecule has 0 unspecified atom stereocenters. The monoisotopic (exact) mass is 478 g/mol. The fourth-order valence-corrected chi connectivity index (χ4v) is 4.62. The molecule has 8 nitrogen and oxygen atoms in total. The van der Waals surface area contributed by atoms with Gasteiger partial charge in [0.25, 0.3) is 0 Å². The lowest BCUT2D eigenvalue weighted by molar-refractivity contribution is -0.121. The molecule has 0 aliphatic heterocycles. The van der Waals surface area contributed by atoms with Gasteiger partial charge in [-0.15, -0.1) is 0 Å². The fourth-order valence-electron chi connectivity index (χ4n) is 3.45. The second-order valence-corrected chi connectivity index (χ2v) is 10.5. The lowest BCUT2D eigenvalue weighted by Gasteiger charge is -2.29. The van der Waals surface area contributed by atoms with E-state index in [0.717, 1.165) is 21.9 Å². The standard InChI is InChI=1S/C24H34N2O6S/c1-17(26(33(7,28)29)20-16-18(30-5)12-13-22(20)31-6)23(27)25-14-15-32-21-11-9-8-10-19(21)24(2,3)4/h8-13,16-17H,14-15H2,1-7H3,(H,25,27)/t17-/m0/s1. The number of hydrogen-bond acceptors (Lipinski definition) is 6. The molecular formula is C24H34N2O6S. The molecule has 182 valence electrons. The topological polar surface area (TPSA) is 94.2 Å². The summed E-state index contributed by atoms with van der Waals surface area (Å²) in [6.07, 6.45) is 1.04. The van der Waals surface area contributed by atoms with Crippen molar-refractivity contribution < 1.29 is 27.4 Å². The molecule has 0 fully saturated rings. The summed E-state index contributed by atoms with van der Waals surface area (Å²) in [7, 11) is -0.899. The van der Waals surface area contributed by atoms with Crippen molar-refractivity contribution in [3.63, 3.8) is 0 Å². The lowest BCUT2D eigenvalue weighted by Crippen LogP contribution is -2.48. The van der Waals surface area contributed by atoms with Crippen LogP contribution in [0.4, 0.5) is 5.69 Å². The first-order valence-electron chi connectivity index (χ1n) is 10.6. The van der Waals surface area contributed by atoms with Crippen molar-refractivity contribution in [2.24, 2.45) is 0 Å². The highest BCUT2D eigenvalue weighted by atomic mass is 32.2. The maximum absolute atomic E-state index is 12.9. The first kappa shape index (κ1) is 26.3. The number of sulfonamides is 1. The number of hydrogen-bond donors (Lipinski definition) is 1. The molecule has 0 radical (unpaired) electrons. The Hall–Kier alpha value is -2.94. The quantitative estimate of drug-likeness (QED) is 0.527. The Labute approximate surface area is 196 Å². The largest absolute Gasteiger partial charge is 0.497 e. The minimum Gasteiger partial charge on any atom is -0.497 e. The third-order valence-corrected chi connectivity index (χ3v) is 6.29. The van der Waals surface area contributed by atoms with Crippen molar-refractivity contribution in [1.29, 1.82) is 0 Å². The molecule has 1 atom stereocenters. The van der Waals surface area contributed by atoms with E-state index in [-0.39, 0.29) is 24.3 Å².